The predicted molar refractivity (Wildman–Crippen MR) is 41.0 cm³/mol. The van der Waals surface area contributed by atoms with Crippen molar-refractivity contribution in [1.29, 1.82) is 0 Å². The van der Waals surface area contributed by atoms with Gasteiger partial charge in [-0.05, 0) is 19.4 Å². The molecular weight excluding hydrogens is 130 g/mol. The zero-order valence-electron chi connectivity index (χ0n) is 6.80. The van der Waals surface area contributed by atoms with Crippen LogP contribution in [0.3, 0.4) is 0 Å². The van der Waals surface area contributed by atoms with E-state index in [-0.39, 0.29) is 6.10 Å². The van der Waals surface area contributed by atoms with Crippen LogP contribution >= 0.6 is 0 Å². The molecule has 0 heterocycles. The molecule has 3 nitrogen and oxygen atoms in total. The topological polar surface area (TPSA) is 44.5 Å². The molecule has 3 heteroatoms. The van der Waals surface area contributed by atoms with Crippen LogP contribution in [0.5, 0.6) is 0 Å². The third-order valence-corrected chi connectivity index (χ3v) is 1.47. The van der Waals surface area contributed by atoms with Crippen molar-refractivity contribution in [3.8, 4) is 0 Å². The Hall–Kier alpha value is -0.120. The van der Waals surface area contributed by atoms with Crippen molar-refractivity contribution in [2.75, 3.05) is 27.4 Å². The summed E-state index contributed by atoms with van der Waals surface area (Å²) in [5.74, 6) is 0. The van der Waals surface area contributed by atoms with Gasteiger partial charge in [0.05, 0.1) is 6.10 Å². The maximum absolute atomic E-state index is 5.36. The lowest BCUT2D eigenvalue weighted by Crippen LogP contribution is -2.17. The maximum atomic E-state index is 5.36. The molecule has 0 saturated carbocycles. The third kappa shape index (κ3) is 4.73. The normalized spacial score (nSPS) is 13.5. The monoisotopic (exact) mass is 147 g/mol. The van der Waals surface area contributed by atoms with Crippen LogP contribution in [0.2, 0.25) is 0 Å². The molecule has 0 aromatic rings. The fraction of sp³-hybridized carbons (Fsp3) is 1.00. The molecular formula is C7H17NO2. The minimum absolute atomic E-state index is 0.268. The quantitative estimate of drug-likeness (QED) is 0.591. The molecule has 0 rings (SSSR count). The first-order valence-corrected chi connectivity index (χ1v) is 3.57. The number of nitrogens with two attached hydrogens (primary N) is 1. The van der Waals surface area contributed by atoms with Crippen LogP contribution in [-0.4, -0.2) is 33.5 Å². The molecule has 0 aromatic heterocycles. The number of hydrogen-bond donors (Lipinski definition) is 1. The summed E-state index contributed by atoms with van der Waals surface area (Å²) in [6.45, 7) is 1.43. The summed E-state index contributed by atoms with van der Waals surface area (Å²) in [6.07, 6.45) is 2.12. The van der Waals surface area contributed by atoms with E-state index in [0.29, 0.717) is 6.54 Å². The average Bonchev–Trinajstić information content (AvgIpc) is 1.98. The lowest BCUT2D eigenvalue weighted by Gasteiger charge is -2.12. The number of ether oxygens (including phenoxy) is 2. The highest BCUT2D eigenvalue weighted by atomic mass is 16.5. The van der Waals surface area contributed by atoms with E-state index in [1.54, 1.807) is 14.2 Å². The molecule has 0 spiro atoms. The Labute approximate surface area is 62.5 Å². The molecule has 10 heavy (non-hydrogen) atoms. The van der Waals surface area contributed by atoms with Crippen LogP contribution < -0.4 is 5.73 Å². The van der Waals surface area contributed by atoms with Gasteiger partial charge in [-0.3, -0.25) is 0 Å². The van der Waals surface area contributed by atoms with E-state index in [4.69, 9.17) is 15.2 Å². The van der Waals surface area contributed by atoms with Crippen LogP contribution in [0.25, 0.3) is 0 Å². The lowest BCUT2D eigenvalue weighted by atomic mass is 10.2. The Morgan fingerprint density at radius 1 is 1.30 bits per heavy atom. The van der Waals surface area contributed by atoms with Gasteiger partial charge in [-0.2, -0.15) is 0 Å². The summed E-state index contributed by atoms with van der Waals surface area (Å²) < 4.78 is 10.0. The molecule has 62 valence electrons. The summed E-state index contributed by atoms with van der Waals surface area (Å²) >= 11 is 0. The molecule has 0 aromatic carbocycles. The van der Waals surface area contributed by atoms with E-state index < -0.39 is 0 Å². The first kappa shape index (κ1) is 9.88. The molecule has 0 bridgehead atoms. The van der Waals surface area contributed by atoms with E-state index in [1.807, 2.05) is 0 Å². The maximum Gasteiger partial charge on any atom is 0.0605 e. The summed E-state index contributed by atoms with van der Waals surface area (Å²) in [7, 11) is 3.39. The second-order valence-electron chi connectivity index (χ2n) is 2.22. The third-order valence-electron chi connectivity index (χ3n) is 1.47. The summed E-state index contributed by atoms with van der Waals surface area (Å²) in [5.41, 5.74) is 5.36. The summed E-state index contributed by atoms with van der Waals surface area (Å²) in [4.78, 5) is 0. The fourth-order valence-electron chi connectivity index (χ4n) is 0.815. The van der Waals surface area contributed by atoms with Gasteiger partial charge in [0, 0.05) is 20.8 Å². The molecule has 0 aliphatic rings. The molecule has 1 unspecified atom stereocenters. The highest BCUT2D eigenvalue weighted by Gasteiger charge is 2.03. The van der Waals surface area contributed by atoms with Crippen LogP contribution in [-0.2, 0) is 9.47 Å². The Kier molecular flexibility index (Phi) is 6.91. The van der Waals surface area contributed by atoms with E-state index in [1.165, 1.54) is 0 Å². The molecule has 0 aliphatic carbocycles. The zero-order valence-corrected chi connectivity index (χ0v) is 6.80. The van der Waals surface area contributed by atoms with E-state index >= 15 is 0 Å². The Bertz CT molecular complexity index is 68.6. The number of hydrogen-bond acceptors (Lipinski definition) is 3. The van der Waals surface area contributed by atoms with Gasteiger partial charge < -0.3 is 15.2 Å². The highest BCUT2D eigenvalue weighted by Crippen LogP contribution is 2.00. The van der Waals surface area contributed by atoms with Gasteiger partial charge in [0.2, 0.25) is 0 Å². The molecule has 0 aliphatic heterocycles. The van der Waals surface area contributed by atoms with Crippen molar-refractivity contribution in [2.45, 2.75) is 18.9 Å². The zero-order chi connectivity index (χ0) is 7.82. The average molecular weight is 147 g/mol. The van der Waals surface area contributed by atoms with Gasteiger partial charge in [-0.15, -0.1) is 0 Å². The van der Waals surface area contributed by atoms with Gasteiger partial charge in [0.15, 0.2) is 0 Å². The molecule has 2 N–H and O–H groups in total. The molecule has 0 fully saturated rings. The van der Waals surface area contributed by atoms with Gasteiger partial charge in [-0.25, -0.2) is 0 Å². The van der Waals surface area contributed by atoms with Gasteiger partial charge >= 0.3 is 0 Å². The minimum atomic E-state index is 0.268. The number of rotatable bonds is 6. The summed E-state index contributed by atoms with van der Waals surface area (Å²) in [6, 6.07) is 0. The standard InChI is InChI=1S/C7H17NO2/c1-9-6-4-7(10-2)3-5-8/h7H,3-6,8H2,1-2H3. The van der Waals surface area contributed by atoms with Crippen LogP contribution in [0, 0.1) is 0 Å². The van der Waals surface area contributed by atoms with E-state index in [2.05, 4.69) is 0 Å². The van der Waals surface area contributed by atoms with Crippen molar-refractivity contribution in [1.82, 2.24) is 0 Å². The predicted octanol–water partition coefficient (Wildman–Crippen LogP) is 0.387. The Balaban J connectivity index is 3.21. The van der Waals surface area contributed by atoms with Crippen LogP contribution in [0.1, 0.15) is 12.8 Å². The largest absolute Gasteiger partial charge is 0.385 e. The molecule has 0 amide bonds. The second kappa shape index (κ2) is 6.99. The number of methoxy groups -OCH3 is 2. The van der Waals surface area contributed by atoms with Gasteiger partial charge in [0.25, 0.3) is 0 Å². The first-order chi connectivity index (χ1) is 4.85. The Morgan fingerprint density at radius 2 is 2.00 bits per heavy atom. The van der Waals surface area contributed by atoms with Gasteiger partial charge in [0.1, 0.15) is 0 Å². The fourth-order valence-corrected chi connectivity index (χ4v) is 0.815. The molecule has 1 atom stereocenters. The van der Waals surface area contributed by atoms with E-state index in [0.717, 1.165) is 19.4 Å². The smallest absolute Gasteiger partial charge is 0.0605 e. The SMILES string of the molecule is COCCC(CCN)OC. The minimum Gasteiger partial charge on any atom is -0.385 e. The van der Waals surface area contributed by atoms with Crippen molar-refractivity contribution in [3.05, 3.63) is 0 Å². The van der Waals surface area contributed by atoms with Gasteiger partial charge in [-0.1, -0.05) is 0 Å². The lowest BCUT2D eigenvalue weighted by molar-refractivity contribution is 0.0625. The second-order valence-corrected chi connectivity index (χ2v) is 2.22. The van der Waals surface area contributed by atoms with Crippen LogP contribution in [0.15, 0.2) is 0 Å². The highest BCUT2D eigenvalue weighted by molar-refractivity contribution is 4.56. The molecule has 0 saturated heterocycles. The van der Waals surface area contributed by atoms with E-state index in [9.17, 15) is 0 Å². The summed E-state index contributed by atoms with van der Waals surface area (Å²) in [5, 5.41) is 0. The van der Waals surface area contributed by atoms with Crippen molar-refractivity contribution < 1.29 is 9.47 Å². The Morgan fingerprint density at radius 3 is 2.40 bits per heavy atom. The van der Waals surface area contributed by atoms with Crippen LogP contribution in [0.4, 0.5) is 0 Å². The first-order valence-electron chi connectivity index (χ1n) is 3.57. The van der Waals surface area contributed by atoms with Crippen molar-refractivity contribution in [3.63, 3.8) is 0 Å². The molecule has 0 radical (unpaired) electrons. The van der Waals surface area contributed by atoms with Crippen molar-refractivity contribution in [2.24, 2.45) is 5.73 Å². The van der Waals surface area contributed by atoms with Crippen molar-refractivity contribution >= 4 is 0 Å².